The zero-order valence-corrected chi connectivity index (χ0v) is 15.9. The Kier molecular flexibility index (Phi) is 4.45. The van der Waals surface area contributed by atoms with Gasteiger partial charge in [0, 0.05) is 11.6 Å². The van der Waals surface area contributed by atoms with E-state index in [0.717, 1.165) is 30.0 Å². The summed E-state index contributed by atoms with van der Waals surface area (Å²) in [6.45, 7) is 4.62. The molecule has 3 aromatic heterocycles. The maximum absolute atomic E-state index is 12.8. The molecule has 0 saturated heterocycles. The van der Waals surface area contributed by atoms with Gasteiger partial charge in [-0.2, -0.15) is 18.3 Å². The number of ether oxygens (including phenoxy) is 1. The van der Waals surface area contributed by atoms with E-state index >= 15 is 0 Å². The fourth-order valence-electron chi connectivity index (χ4n) is 2.88. The van der Waals surface area contributed by atoms with Crippen LogP contribution < -0.4 is 10.2 Å². The number of alkyl halides is 3. The second-order valence-electron chi connectivity index (χ2n) is 6.96. The summed E-state index contributed by atoms with van der Waals surface area (Å²) >= 11 is 1.08. The Hall–Kier alpha value is -2.75. The molecule has 0 unspecified atom stereocenters. The smallest absolute Gasteiger partial charge is 0.433 e. The standard InChI is InChI=1S/C18H16F3N5OS/c1-17(2)5-7-27-11-4-3-6-22-14(11)15(17)25-26-16-24-10-9-23-13(18(19,20)21)8-12(10)28-16/h3-4,6,8-9H,5,7H2,1-2H3,(H,24,26)/b25-15-. The molecule has 4 heterocycles. The molecule has 146 valence electrons. The van der Waals surface area contributed by atoms with E-state index in [9.17, 15) is 13.2 Å². The molecule has 1 N–H and O–H groups in total. The lowest BCUT2D eigenvalue weighted by Crippen LogP contribution is -2.26. The van der Waals surface area contributed by atoms with Gasteiger partial charge < -0.3 is 4.74 Å². The summed E-state index contributed by atoms with van der Waals surface area (Å²) in [4.78, 5) is 12.1. The number of aromatic nitrogens is 3. The van der Waals surface area contributed by atoms with Gasteiger partial charge >= 0.3 is 6.18 Å². The van der Waals surface area contributed by atoms with Gasteiger partial charge in [-0.25, -0.2) is 9.97 Å². The number of pyridine rings is 2. The average molecular weight is 407 g/mol. The lowest BCUT2D eigenvalue weighted by molar-refractivity contribution is -0.141. The maximum Gasteiger partial charge on any atom is 0.433 e. The molecule has 6 nitrogen and oxygen atoms in total. The fraction of sp³-hybridized carbons (Fsp3) is 0.333. The van der Waals surface area contributed by atoms with Crippen molar-refractivity contribution in [2.45, 2.75) is 26.4 Å². The SMILES string of the molecule is CC1(C)CCOc2cccnc2/C1=N/Nc1nc2cnc(C(F)(F)F)cc2s1. The van der Waals surface area contributed by atoms with E-state index in [-0.39, 0.29) is 5.41 Å². The van der Waals surface area contributed by atoms with Gasteiger partial charge in [-0.05, 0) is 24.6 Å². The van der Waals surface area contributed by atoms with Crippen molar-refractivity contribution in [2.24, 2.45) is 10.5 Å². The van der Waals surface area contributed by atoms with E-state index in [1.54, 1.807) is 12.3 Å². The number of nitrogens with one attached hydrogen (secondary N) is 1. The molecular weight excluding hydrogens is 391 g/mol. The minimum atomic E-state index is -4.49. The maximum atomic E-state index is 12.8. The first-order chi connectivity index (χ1) is 13.2. The normalized spacial score (nSPS) is 17.8. The van der Waals surface area contributed by atoms with Gasteiger partial charge in [0.15, 0.2) is 0 Å². The fourth-order valence-corrected chi connectivity index (χ4v) is 3.70. The van der Waals surface area contributed by atoms with Crippen molar-refractivity contribution >= 4 is 32.4 Å². The van der Waals surface area contributed by atoms with Crippen LogP contribution in [0.5, 0.6) is 5.75 Å². The molecule has 3 aromatic rings. The predicted octanol–water partition coefficient (Wildman–Crippen LogP) is 4.73. The summed E-state index contributed by atoms with van der Waals surface area (Å²) in [5.74, 6) is 0.650. The zero-order chi connectivity index (χ0) is 19.9. The van der Waals surface area contributed by atoms with Crippen molar-refractivity contribution in [3.8, 4) is 5.75 Å². The van der Waals surface area contributed by atoms with Crippen LogP contribution in [0.3, 0.4) is 0 Å². The number of fused-ring (bicyclic) bond motifs is 2. The third-order valence-corrected chi connectivity index (χ3v) is 5.37. The molecule has 10 heteroatoms. The Labute approximate surface area is 162 Å². The van der Waals surface area contributed by atoms with Gasteiger partial charge in [0.25, 0.3) is 0 Å². The first-order valence-corrected chi connectivity index (χ1v) is 9.32. The lowest BCUT2D eigenvalue weighted by atomic mass is 9.83. The summed E-state index contributed by atoms with van der Waals surface area (Å²) < 4.78 is 44.7. The van der Waals surface area contributed by atoms with Crippen LogP contribution in [0.25, 0.3) is 10.2 Å². The summed E-state index contributed by atoms with van der Waals surface area (Å²) in [7, 11) is 0. The van der Waals surface area contributed by atoms with Crippen molar-refractivity contribution in [3.63, 3.8) is 0 Å². The molecule has 0 atom stereocenters. The third kappa shape index (κ3) is 3.51. The molecule has 0 aliphatic carbocycles. The van der Waals surface area contributed by atoms with Gasteiger partial charge in [0.1, 0.15) is 22.7 Å². The van der Waals surface area contributed by atoms with E-state index in [4.69, 9.17) is 4.74 Å². The Balaban J connectivity index is 1.69. The van der Waals surface area contributed by atoms with Crippen LogP contribution in [-0.4, -0.2) is 27.3 Å². The molecule has 0 amide bonds. The van der Waals surface area contributed by atoms with Crippen LogP contribution in [0.15, 0.2) is 35.7 Å². The highest BCUT2D eigenvalue weighted by molar-refractivity contribution is 7.22. The number of halogens is 3. The van der Waals surface area contributed by atoms with E-state index in [1.165, 1.54) is 0 Å². The molecule has 0 fully saturated rings. The molecule has 0 saturated carbocycles. The Morgan fingerprint density at radius 3 is 2.89 bits per heavy atom. The highest BCUT2D eigenvalue weighted by Gasteiger charge is 2.34. The largest absolute Gasteiger partial charge is 0.491 e. The van der Waals surface area contributed by atoms with E-state index in [0.29, 0.717) is 39.1 Å². The number of nitrogens with zero attached hydrogens (tertiary/aromatic N) is 4. The minimum Gasteiger partial charge on any atom is -0.491 e. The third-order valence-electron chi connectivity index (χ3n) is 4.45. The molecule has 0 spiro atoms. The molecule has 0 bridgehead atoms. The number of hydrogen-bond donors (Lipinski definition) is 1. The van der Waals surface area contributed by atoms with E-state index in [2.05, 4.69) is 25.5 Å². The van der Waals surface area contributed by atoms with Crippen molar-refractivity contribution in [3.05, 3.63) is 42.0 Å². The second kappa shape index (κ2) is 6.69. The van der Waals surface area contributed by atoms with Crippen molar-refractivity contribution in [2.75, 3.05) is 12.0 Å². The van der Waals surface area contributed by atoms with Crippen LogP contribution in [-0.2, 0) is 6.18 Å². The van der Waals surface area contributed by atoms with E-state index < -0.39 is 11.9 Å². The first-order valence-electron chi connectivity index (χ1n) is 8.50. The van der Waals surface area contributed by atoms with E-state index in [1.807, 2.05) is 19.9 Å². The van der Waals surface area contributed by atoms with Crippen molar-refractivity contribution in [1.82, 2.24) is 15.0 Å². The molecule has 4 rings (SSSR count). The minimum absolute atomic E-state index is 0.311. The molecule has 1 aliphatic rings. The quantitative estimate of drug-likeness (QED) is 0.622. The summed E-state index contributed by atoms with van der Waals surface area (Å²) in [5, 5.41) is 4.88. The molecule has 0 aromatic carbocycles. The molecule has 0 radical (unpaired) electrons. The monoisotopic (exact) mass is 407 g/mol. The van der Waals surface area contributed by atoms with Gasteiger partial charge in [0.2, 0.25) is 5.13 Å². The second-order valence-corrected chi connectivity index (χ2v) is 7.99. The van der Waals surface area contributed by atoms with Crippen LogP contribution >= 0.6 is 11.3 Å². The number of thiazole rings is 1. The first kappa shape index (κ1) is 18.6. The van der Waals surface area contributed by atoms with Crippen molar-refractivity contribution in [1.29, 1.82) is 0 Å². The Morgan fingerprint density at radius 2 is 2.11 bits per heavy atom. The number of hydrazone groups is 1. The Morgan fingerprint density at radius 1 is 1.29 bits per heavy atom. The molecule has 1 aliphatic heterocycles. The number of anilines is 1. The van der Waals surface area contributed by atoms with Crippen LogP contribution in [0.1, 0.15) is 31.7 Å². The average Bonchev–Trinajstić information content (AvgIpc) is 2.98. The zero-order valence-electron chi connectivity index (χ0n) is 15.0. The summed E-state index contributed by atoms with van der Waals surface area (Å²) in [6.07, 6.45) is -0.970. The van der Waals surface area contributed by atoms with Gasteiger partial charge in [-0.3, -0.25) is 10.4 Å². The van der Waals surface area contributed by atoms with Gasteiger partial charge in [-0.15, -0.1) is 0 Å². The molecule has 28 heavy (non-hydrogen) atoms. The van der Waals surface area contributed by atoms with Gasteiger partial charge in [-0.1, -0.05) is 25.2 Å². The number of rotatable bonds is 2. The van der Waals surface area contributed by atoms with Crippen LogP contribution in [0, 0.1) is 5.41 Å². The summed E-state index contributed by atoms with van der Waals surface area (Å²) in [5.41, 5.74) is 3.34. The molecular formula is C18H16F3N5OS. The van der Waals surface area contributed by atoms with Crippen LogP contribution in [0.4, 0.5) is 18.3 Å². The predicted molar refractivity (Wildman–Crippen MR) is 101 cm³/mol. The summed E-state index contributed by atoms with van der Waals surface area (Å²) in [6, 6.07) is 4.62. The highest BCUT2D eigenvalue weighted by Crippen LogP contribution is 2.35. The lowest BCUT2D eigenvalue weighted by Gasteiger charge is -2.23. The van der Waals surface area contributed by atoms with Crippen LogP contribution in [0.2, 0.25) is 0 Å². The van der Waals surface area contributed by atoms with Gasteiger partial charge in [0.05, 0.1) is 23.2 Å². The highest BCUT2D eigenvalue weighted by atomic mass is 32.1. The van der Waals surface area contributed by atoms with Crippen molar-refractivity contribution < 1.29 is 17.9 Å². The Bertz CT molecular complexity index is 1060. The number of hydrogen-bond acceptors (Lipinski definition) is 7. The topological polar surface area (TPSA) is 72.3 Å².